The Bertz CT molecular complexity index is 204. The van der Waals surface area contributed by atoms with Gasteiger partial charge in [-0.2, -0.15) is 0 Å². The van der Waals surface area contributed by atoms with E-state index in [2.05, 4.69) is 24.1 Å². The predicted molar refractivity (Wildman–Crippen MR) is 55.5 cm³/mol. The Hall–Kier alpha value is -0.500. The minimum Gasteiger partial charge on any atom is -0.389 e. The Morgan fingerprint density at radius 1 is 1.54 bits per heavy atom. The highest BCUT2D eigenvalue weighted by Gasteiger charge is 2.54. The summed E-state index contributed by atoms with van der Waals surface area (Å²) < 4.78 is 0. The molecule has 1 aliphatic heterocycles. The summed E-state index contributed by atoms with van der Waals surface area (Å²) >= 11 is 0. The zero-order valence-electron chi connectivity index (χ0n) is 8.53. The Balaban J connectivity index is 1.88. The van der Waals surface area contributed by atoms with Crippen molar-refractivity contribution in [3.05, 3.63) is 12.3 Å². The molecule has 13 heavy (non-hydrogen) atoms. The zero-order valence-corrected chi connectivity index (χ0v) is 8.53. The van der Waals surface area contributed by atoms with Gasteiger partial charge in [0.05, 0.1) is 0 Å². The highest BCUT2D eigenvalue weighted by molar-refractivity contribution is 5.18. The van der Waals surface area contributed by atoms with E-state index in [0.29, 0.717) is 5.41 Å². The maximum Gasteiger partial charge on any atom is 0.0115 e. The lowest BCUT2D eigenvalue weighted by Gasteiger charge is -2.24. The number of hydrogen-bond donors (Lipinski definition) is 2. The third kappa shape index (κ3) is 1.60. The molecule has 0 aromatic carbocycles. The van der Waals surface area contributed by atoms with Crippen molar-refractivity contribution in [3.63, 3.8) is 0 Å². The Labute approximate surface area is 80.8 Å². The minimum atomic E-state index is 0.643. The Morgan fingerprint density at radius 3 is 2.85 bits per heavy atom. The molecule has 1 aliphatic carbocycles. The average Bonchev–Trinajstić information content (AvgIpc) is 2.81. The van der Waals surface area contributed by atoms with Crippen LogP contribution in [-0.4, -0.2) is 19.6 Å². The summed E-state index contributed by atoms with van der Waals surface area (Å²) in [5.74, 6) is 0.773. The van der Waals surface area contributed by atoms with Crippen LogP contribution < -0.4 is 10.6 Å². The zero-order chi connectivity index (χ0) is 9.31. The maximum absolute atomic E-state index is 4.12. The molecule has 0 radical (unpaired) electrons. The Kier molecular flexibility index (Phi) is 2.33. The van der Waals surface area contributed by atoms with Crippen LogP contribution in [0.1, 0.15) is 26.2 Å². The summed E-state index contributed by atoms with van der Waals surface area (Å²) in [4.78, 5) is 0. The molecular formula is C11H20N2. The van der Waals surface area contributed by atoms with Gasteiger partial charge in [-0.3, -0.25) is 0 Å². The van der Waals surface area contributed by atoms with Gasteiger partial charge in [-0.25, -0.2) is 0 Å². The molecule has 1 unspecified atom stereocenters. The molecule has 2 N–H and O–H groups in total. The summed E-state index contributed by atoms with van der Waals surface area (Å²) in [5.41, 5.74) is 1.93. The van der Waals surface area contributed by atoms with E-state index in [1.165, 1.54) is 38.0 Å². The molecule has 0 aromatic rings. The third-order valence-corrected chi connectivity index (χ3v) is 3.61. The van der Waals surface area contributed by atoms with Crippen LogP contribution in [0.2, 0.25) is 0 Å². The van der Waals surface area contributed by atoms with E-state index in [0.717, 1.165) is 12.5 Å². The molecule has 2 fully saturated rings. The van der Waals surface area contributed by atoms with E-state index in [1.54, 1.807) is 0 Å². The van der Waals surface area contributed by atoms with E-state index < -0.39 is 0 Å². The second kappa shape index (κ2) is 3.33. The van der Waals surface area contributed by atoms with Crippen LogP contribution >= 0.6 is 0 Å². The van der Waals surface area contributed by atoms with E-state index in [-0.39, 0.29) is 0 Å². The lowest BCUT2D eigenvalue weighted by molar-refractivity contribution is 0.331. The molecule has 1 spiro atoms. The molecule has 2 aliphatic rings. The molecule has 1 atom stereocenters. The topological polar surface area (TPSA) is 24.1 Å². The van der Waals surface area contributed by atoms with Gasteiger partial charge in [-0.1, -0.05) is 6.58 Å². The summed E-state index contributed by atoms with van der Waals surface area (Å²) in [6, 6.07) is 0. The van der Waals surface area contributed by atoms with Crippen LogP contribution in [0.3, 0.4) is 0 Å². The van der Waals surface area contributed by atoms with Crippen molar-refractivity contribution in [2.45, 2.75) is 26.2 Å². The summed E-state index contributed by atoms with van der Waals surface area (Å²) in [7, 11) is 0. The number of hydrogen-bond acceptors (Lipinski definition) is 2. The van der Waals surface area contributed by atoms with Gasteiger partial charge in [-0.05, 0) is 44.7 Å². The van der Waals surface area contributed by atoms with Crippen molar-refractivity contribution in [2.75, 3.05) is 19.6 Å². The first-order chi connectivity index (χ1) is 6.28. The van der Waals surface area contributed by atoms with Gasteiger partial charge in [0.2, 0.25) is 0 Å². The molecule has 74 valence electrons. The highest BCUT2D eigenvalue weighted by atomic mass is 14.9. The molecule has 0 aromatic heterocycles. The van der Waals surface area contributed by atoms with Crippen LogP contribution in [-0.2, 0) is 0 Å². The first-order valence-electron chi connectivity index (χ1n) is 5.42. The van der Waals surface area contributed by atoms with Gasteiger partial charge in [0, 0.05) is 18.2 Å². The molecule has 0 bridgehead atoms. The van der Waals surface area contributed by atoms with Crippen molar-refractivity contribution in [3.8, 4) is 0 Å². The van der Waals surface area contributed by atoms with Gasteiger partial charge in [0.1, 0.15) is 0 Å². The van der Waals surface area contributed by atoms with Crippen molar-refractivity contribution in [2.24, 2.45) is 11.3 Å². The second-order valence-electron chi connectivity index (χ2n) is 4.42. The van der Waals surface area contributed by atoms with Gasteiger partial charge >= 0.3 is 0 Å². The van der Waals surface area contributed by atoms with Crippen molar-refractivity contribution in [1.29, 1.82) is 0 Å². The molecule has 1 saturated carbocycles. The van der Waals surface area contributed by atoms with Crippen LogP contribution in [0.4, 0.5) is 0 Å². The highest BCUT2D eigenvalue weighted by Crippen LogP contribution is 2.60. The molecule has 2 nitrogen and oxygen atoms in total. The summed E-state index contributed by atoms with van der Waals surface area (Å²) in [5, 5.41) is 6.79. The van der Waals surface area contributed by atoms with E-state index in [1.807, 2.05) is 0 Å². The number of nitrogens with one attached hydrogen (secondary N) is 2. The minimum absolute atomic E-state index is 0.643. The van der Waals surface area contributed by atoms with Crippen molar-refractivity contribution in [1.82, 2.24) is 10.6 Å². The van der Waals surface area contributed by atoms with Crippen LogP contribution in [0.15, 0.2) is 12.3 Å². The largest absolute Gasteiger partial charge is 0.389 e. The van der Waals surface area contributed by atoms with Crippen LogP contribution in [0.25, 0.3) is 0 Å². The van der Waals surface area contributed by atoms with Crippen LogP contribution in [0, 0.1) is 11.3 Å². The van der Waals surface area contributed by atoms with Crippen molar-refractivity contribution >= 4 is 0 Å². The van der Waals surface area contributed by atoms with E-state index >= 15 is 0 Å². The molecular weight excluding hydrogens is 160 g/mol. The third-order valence-electron chi connectivity index (χ3n) is 3.61. The fourth-order valence-corrected chi connectivity index (χ4v) is 2.67. The molecule has 1 heterocycles. The fraction of sp³-hybridized carbons (Fsp3) is 0.818. The van der Waals surface area contributed by atoms with Gasteiger partial charge in [-0.15, -0.1) is 0 Å². The lowest BCUT2D eigenvalue weighted by Crippen LogP contribution is -2.30. The van der Waals surface area contributed by atoms with Gasteiger partial charge in [0.15, 0.2) is 0 Å². The number of rotatable bonds is 3. The van der Waals surface area contributed by atoms with E-state index in [9.17, 15) is 0 Å². The average molecular weight is 180 g/mol. The van der Waals surface area contributed by atoms with Gasteiger partial charge in [0.25, 0.3) is 0 Å². The van der Waals surface area contributed by atoms with Crippen molar-refractivity contribution < 1.29 is 0 Å². The quantitative estimate of drug-likeness (QED) is 0.688. The molecule has 2 rings (SSSR count). The fourth-order valence-electron chi connectivity index (χ4n) is 2.67. The summed E-state index contributed by atoms with van der Waals surface area (Å²) in [6.07, 6.45) is 4.07. The standard InChI is InChI=1S/C11H20N2/c1-3-13-9(2)10-8-11(10)4-6-12-7-5-11/h10,12-13H,2-8H2,1H3. The first-order valence-corrected chi connectivity index (χ1v) is 5.42. The number of allylic oxidation sites excluding steroid dienone is 1. The first kappa shape index (κ1) is 9.07. The lowest BCUT2D eigenvalue weighted by atomic mass is 9.91. The smallest absolute Gasteiger partial charge is 0.0115 e. The monoisotopic (exact) mass is 180 g/mol. The predicted octanol–water partition coefficient (Wildman–Crippen LogP) is 1.50. The van der Waals surface area contributed by atoms with Crippen LogP contribution in [0.5, 0.6) is 0 Å². The molecule has 2 heteroatoms. The SMILES string of the molecule is C=C(NCC)C1CC12CCNCC2. The maximum atomic E-state index is 4.12. The summed E-state index contributed by atoms with van der Waals surface area (Å²) in [6.45, 7) is 9.69. The molecule has 1 saturated heterocycles. The Morgan fingerprint density at radius 2 is 2.23 bits per heavy atom. The molecule has 0 amide bonds. The van der Waals surface area contributed by atoms with E-state index in [4.69, 9.17) is 0 Å². The number of piperidine rings is 1. The van der Waals surface area contributed by atoms with Gasteiger partial charge < -0.3 is 10.6 Å². The normalized spacial score (nSPS) is 30.1. The second-order valence-corrected chi connectivity index (χ2v) is 4.42.